The van der Waals surface area contributed by atoms with Gasteiger partial charge in [0.2, 0.25) is 0 Å². The maximum absolute atomic E-state index is 6.41. The van der Waals surface area contributed by atoms with Crippen LogP contribution in [0.3, 0.4) is 0 Å². The molecular formula is C19H23ClN2OS. The Bertz CT molecular complexity index is 690. The largest absolute Gasteiger partial charge is 0.381 e. The van der Waals surface area contributed by atoms with E-state index in [1.165, 1.54) is 28.8 Å². The Morgan fingerprint density at radius 1 is 1.25 bits per heavy atom. The molecule has 2 atom stereocenters. The maximum Gasteiger partial charge on any atom is 0.0934 e. The highest BCUT2D eigenvalue weighted by molar-refractivity contribution is 7.16. The lowest BCUT2D eigenvalue weighted by molar-refractivity contribution is 0.126. The summed E-state index contributed by atoms with van der Waals surface area (Å²) in [6, 6.07) is 6.83. The zero-order chi connectivity index (χ0) is 16.4. The van der Waals surface area contributed by atoms with Gasteiger partial charge in [0.15, 0.2) is 0 Å². The second-order valence-electron chi connectivity index (χ2n) is 6.89. The van der Waals surface area contributed by atoms with Crippen molar-refractivity contribution < 1.29 is 4.74 Å². The number of hydrogen-bond acceptors (Lipinski definition) is 4. The zero-order valence-electron chi connectivity index (χ0n) is 13.8. The van der Waals surface area contributed by atoms with Crippen molar-refractivity contribution in [2.45, 2.75) is 43.6 Å². The lowest BCUT2D eigenvalue weighted by Crippen LogP contribution is -2.42. The molecule has 0 radical (unpaired) electrons. The first-order valence-electron chi connectivity index (χ1n) is 8.77. The van der Waals surface area contributed by atoms with E-state index in [0.717, 1.165) is 43.4 Å². The lowest BCUT2D eigenvalue weighted by Gasteiger charge is -2.42. The van der Waals surface area contributed by atoms with Crippen LogP contribution in [-0.4, -0.2) is 24.7 Å². The molecule has 1 N–H and O–H groups in total. The number of ether oxygens (including phenoxy) is 1. The van der Waals surface area contributed by atoms with Crippen LogP contribution < -0.4 is 5.32 Å². The molecule has 0 saturated carbocycles. The Morgan fingerprint density at radius 3 is 3.00 bits per heavy atom. The van der Waals surface area contributed by atoms with E-state index >= 15 is 0 Å². The number of nitrogens with one attached hydrogen (secondary N) is 1. The Hall–Kier alpha value is -0.940. The Labute approximate surface area is 152 Å². The molecule has 3 nitrogen and oxygen atoms in total. The fraction of sp³-hybridized carbons (Fsp3) is 0.526. The van der Waals surface area contributed by atoms with Gasteiger partial charge in [-0.3, -0.25) is 4.98 Å². The molecule has 2 aromatic rings. The summed E-state index contributed by atoms with van der Waals surface area (Å²) in [6.45, 7) is 2.72. The molecular weight excluding hydrogens is 340 g/mol. The molecule has 0 aliphatic carbocycles. The fourth-order valence-corrected chi connectivity index (χ4v) is 5.81. The number of fused-ring (bicyclic) bond motifs is 2. The number of nitrogens with zero attached hydrogens (tertiary/aromatic N) is 1. The molecule has 4 rings (SSSR count). The van der Waals surface area contributed by atoms with Gasteiger partial charge >= 0.3 is 0 Å². The van der Waals surface area contributed by atoms with Crippen LogP contribution in [-0.2, 0) is 16.6 Å². The van der Waals surface area contributed by atoms with E-state index in [1.807, 2.05) is 12.4 Å². The summed E-state index contributed by atoms with van der Waals surface area (Å²) >= 11 is 8.20. The summed E-state index contributed by atoms with van der Waals surface area (Å²) in [6.07, 6.45) is 9.37. The first-order chi connectivity index (χ1) is 11.8. The van der Waals surface area contributed by atoms with Crippen molar-refractivity contribution in [1.82, 2.24) is 10.3 Å². The summed E-state index contributed by atoms with van der Waals surface area (Å²) in [5.74, 6) is 0. The molecule has 1 saturated heterocycles. The van der Waals surface area contributed by atoms with Gasteiger partial charge in [-0.15, -0.1) is 11.3 Å². The molecule has 24 heavy (non-hydrogen) atoms. The molecule has 0 amide bonds. The zero-order valence-corrected chi connectivity index (χ0v) is 15.3. The highest BCUT2D eigenvalue weighted by atomic mass is 35.5. The van der Waals surface area contributed by atoms with Crippen molar-refractivity contribution in [3.05, 3.63) is 50.9 Å². The molecule has 0 bridgehead atoms. The van der Waals surface area contributed by atoms with Gasteiger partial charge in [0, 0.05) is 35.3 Å². The van der Waals surface area contributed by atoms with Crippen LogP contribution in [0.5, 0.6) is 0 Å². The maximum atomic E-state index is 6.41. The van der Waals surface area contributed by atoms with E-state index in [2.05, 4.69) is 28.5 Å². The molecule has 2 aliphatic heterocycles. The van der Waals surface area contributed by atoms with Crippen LogP contribution in [0, 0.1) is 0 Å². The molecule has 2 aromatic heterocycles. The van der Waals surface area contributed by atoms with Crippen LogP contribution >= 0.6 is 22.9 Å². The molecule has 1 spiro atoms. The Kier molecular flexibility index (Phi) is 4.90. The molecule has 0 aromatic carbocycles. The topological polar surface area (TPSA) is 34.1 Å². The van der Waals surface area contributed by atoms with E-state index in [1.54, 1.807) is 11.3 Å². The first-order valence-corrected chi connectivity index (χ1v) is 9.96. The van der Waals surface area contributed by atoms with E-state index in [-0.39, 0.29) is 5.41 Å². The van der Waals surface area contributed by atoms with Gasteiger partial charge in [-0.2, -0.15) is 0 Å². The van der Waals surface area contributed by atoms with Crippen molar-refractivity contribution in [3.8, 4) is 0 Å². The monoisotopic (exact) mass is 362 g/mol. The van der Waals surface area contributed by atoms with Crippen LogP contribution in [0.25, 0.3) is 0 Å². The van der Waals surface area contributed by atoms with Crippen LogP contribution in [0.2, 0.25) is 4.34 Å². The Morgan fingerprint density at radius 2 is 2.12 bits per heavy atom. The van der Waals surface area contributed by atoms with Gasteiger partial charge in [0.1, 0.15) is 0 Å². The molecule has 2 unspecified atom stereocenters. The van der Waals surface area contributed by atoms with E-state index in [0.29, 0.717) is 6.04 Å². The molecule has 1 fully saturated rings. The number of pyridine rings is 1. The summed E-state index contributed by atoms with van der Waals surface area (Å²) in [5, 5.41) is 3.71. The Balaban J connectivity index is 1.71. The second-order valence-corrected chi connectivity index (χ2v) is 8.58. The third-order valence-corrected chi connectivity index (χ3v) is 6.97. The van der Waals surface area contributed by atoms with Crippen LogP contribution in [0.15, 0.2) is 30.6 Å². The number of halogens is 1. The number of thiophene rings is 1. The van der Waals surface area contributed by atoms with Gasteiger partial charge in [-0.05, 0) is 68.0 Å². The highest BCUT2D eigenvalue weighted by Gasteiger charge is 2.40. The fourth-order valence-electron chi connectivity index (χ4n) is 4.26. The van der Waals surface area contributed by atoms with E-state index < -0.39 is 0 Å². The standard InChI is InChI=1S/C19H23ClN2OS/c20-17-12-15-4-11-23-10-1-5-19(18(15)24-17)6-9-22-16(13-19)14-2-7-21-8-3-14/h2-3,7-8,12,16,22H,1,4-6,9-11,13H2. The third-order valence-electron chi connectivity index (χ3n) is 5.42. The number of piperidine rings is 1. The van der Waals surface area contributed by atoms with Crippen molar-refractivity contribution in [3.63, 3.8) is 0 Å². The smallest absolute Gasteiger partial charge is 0.0934 e. The van der Waals surface area contributed by atoms with Gasteiger partial charge in [-0.25, -0.2) is 0 Å². The quantitative estimate of drug-likeness (QED) is 0.810. The number of aromatic nitrogens is 1. The first kappa shape index (κ1) is 16.5. The van der Waals surface area contributed by atoms with E-state index in [9.17, 15) is 0 Å². The summed E-state index contributed by atoms with van der Waals surface area (Å²) in [7, 11) is 0. The minimum atomic E-state index is 0.222. The highest BCUT2D eigenvalue weighted by Crippen LogP contribution is 2.48. The van der Waals surface area contributed by atoms with Crippen molar-refractivity contribution in [2.24, 2.45) is 0 Å². The van der Waals surface area contributed by atoms with Crippen LogP contribution in [0.4, 0.5) is 0 Å². The minimum Gasteiger partial charge on any atom is -0.381 e. The van der Waals surface area contributed by atoms with Gasteiger partial charge < -0.3 is 10.1 Å². The van der Waals surface area contributed by atoms with Crippen molar-refractivity contribution >= 4 is 22.9 Å². The second kappa shape index (κ2) is 7.12. The van der Waals surface area contributed by atoms with Crippen LogP contribution in [0.1, 0.15) is 47.7 Å². The molecule has 5 heteroatoms. The van der Waals surface area contributed by atoms with Gasteiger partial charge in [-0.1, -0.05) is 11.6 Å². The van der Waals surface area contributed by atoms with E-state index in [4.69, 9.17) is 16.3 Å². The predicted molar refractivity (Wildman–Crippen MR) is 99.0 cm³/mol. The summed E-state index contributed by atoms with van der Waals surface area (Å²) < 4.78 is 6.72. The van der Waals surface area contributed by atoms with Crippen molar-refractivity contribution in [2.75, 3.05) is 19.8 Å². The summed E-state index contributed by atoms with van der Waals surface area (Å²) in [5.41, 5.74) is 2.96. The van der Waals surface area contributed by atoms with Gasteiger partial charge in [0.05, 0.1) is 10.9 Å². The molecule has 128 valence electrons. The average Bonchev–Trinajstić information content (AvgIpc) is 3.02. The third kappa shape index (κ3) is 3.25. The number of hydrogen-bond donors (Lipinski definition) is 1. The minimum absolute atomic E-state index is 0.222. The van der Waals surface area contributed by atoms with Crippen molar-refractivity contribution in [1.29, 1.82) is 0 Å². The lowest BCUT2D eigenvalue weighted by atomic mass is 9.69. The summed E-state index contributed by atoms with van der Waals surface area (Å²) in [4.78, 5) is 5.68. The normalized spacial score (nSPS) is 28.0. The predicted octanol–water partition coefficient (Wildman–Crippen LogP) is 4.51. The molecule has 2 aliphatic rings. The van der Waals surface area contributed by atoms with Gasteiger partial charge in [0.25, 0.3) is 0 Å². The average molecular weight is 363 g/mol. The SMILES string of the molecule is Clc1cc2c(s1)C1(CCCOCC2)CCNC(c2ccncc2)C1. The molecule has 4 heterocycles. The number of rotatable bonds is 1.